The molecule has 1 aliphatic heterocycles. The third-order valence-corrected chi connectivity index (χ3v) is 6.21. The largest absolute Gasteiger partial charge is 0.322 e. The van der Waals surface area contributed by atoms with Gasteiger partial charge in [0.15, 0.2) is 0 Å². The molecule has 0 bridgehead atoms. The molecule has 28 heavy (non-hydrogen) atoms. The summed E-state index contributed by atoms with van der Waals surface area (Å²) in [6.45, 7) is 1.39. The topological polar surface area (TPSA) is 54.3 Å². The highest BCUT2D eigenvalue weighted by Crippen LogP contribution is 2.34. The third kappa shape index (κ3) is 4.29. The van der Waals surface area contributed by atoms with Gasteiger partial charge in [-0.3, -0.25) is 4.79 Å². The first-order chi connectivity index (χ1) is 13.7. The van der Waals surface area contributed by atoms with Crippen LogP contribution in [-0.4, -0.2) is 28.1 Å². The zero-order chi connectivity index (χ0) is 19.3. The zero-order valence-corrected chi connectivity index (χ0v) is 16.3. The van der Waals surface area contributed by atoms with Crippen molar-refractivity contribution in [2.24, 2.45) is 5.92 Å². The predicted octanol–water partition coefficient (Wildman–Crippen LogP) is 4.47. The molecule has 1 N–H and O–H groups in total. The fourth-order valence-corrected chi connectivity index (χ4v) is 4.73. The molecule has 1 saturated heterocycles. The number of carbonyl (C=O) groups is 1. The Kier molecular flexibility index (Phi) is 5.79. The molecule has 1 aromatic carbocycles. The summed E-state index contributed by atoms with van der Waals surface area (Å²) >= 11 is 0. The molecule has 2 amide bonds. The number of carbonyl (C=O) groups excluding carboxylic acids is 1. The minimum Gasteiger partial charge on any atom is -0.321 e. The van der Waals surface area contributed by atoms with E-state index in [1.54, 1.807) is 22.9 Å². The number of nitrogens with one attached hydrogen (secondary N) is 1. The maximum Gasteiger partial charge on any atom is 0.322 e. The predicted molar refractivity (Wildman–Crippen MR) is 112 cm³/mol. The number of nitrogens with zero attached hydrogens (tertiary/aromatic N) is 2. The molecule has 5 nitrogen and oxygen atoms in total. The zero-order valence-electron chi connectivity index (χ0n) is 16.3. The van der Waals surface area contributed by atoms with Crippen molar-refractivity contribution in [3.8, 4) is 0 Å². The van der Waals surface area contributed by atoms with Crippen molar-refractivity contribution in [2.45, 2.75) is 57.5 Å². The Bertz CT molecular complexity index is 853. The number of hydrogen-bond acceptors (Lipinski definition) is 2. The van der Waals surface area contributed by atoms with Gasteiger partial charge in [0.05, 0.1) is 6.54 Å². The van der Waals surface area contributed by atoms with E-state index < -0.39 is 0 Å². The van der Waals surface area contributed by atoms with Crippen molar-refractivity contribution >= 4 is 11.7 Å². The lowest BCUT2D eigenvalue weighted by molar-refractivity contribution is 0.166. The number of hydrogen-bond donors (Lipinski definition) is 1. The monoisotopic (exact) mass is 379 g/mol. The molecule has 5 heteroatoms. The van der Waals surface area contributed by atoms with Crippen molar-refractivity contribution in [1.82, 2.24) is 9.47 Å². The summed E-state index contributed by atoms with van der Waals surface area (Å²) in [6, 6.07) is 13.4. The van der Waals surface area contributed by atoms with E-state index in [-0.39, 0.29) is 11.6 Å². The Morgan fingerprint density at radius 3 is 2.50 bits per heavy atom. The molecule has 0 unspecified atom stereocenters. The fourth-order valence-electron chi connectivity index (χ4n) is 4.73. The lowest BCUT2D eigenvalue weighted by atomic mass is 9.83. The average Bonchev–Trinajstić information content (AvgIpc) is 3.22. The van der Waals surface area contributed by atoms with Gasteiger partial charge >= 0.3 is 6.03 Å². The Hall–Kier alpha value is -2.56. The van der Waals surface area contributed by atoms with Gasteiger partial charge in [0.1, 0.15) is 0 Å². The summed E-state index contributed by atoms with van der Waals surface area (Å²) in [5.74, 6) is 0.675. The van der Waals surface area contributed by atoms with E-state index in [0.29, 0.717) is 18.5 Å². The number of benzene rings is 1. The van der Waals surface area contributed by atoms with E-state index in [0.717, 1.165) is 30.6 Å². The van der Waals surface area contributed by atoms with Crippen molar-refractivity contribution < 1.29 is 4.79 Å². The molecule has 2 aliphatic rings. The first-order valence-electron chi connectivity index (χ1n) is 10.5. The molecule has 1 saturated carbocycles. The standard InChI is InChI=1S/C23H29N3O2/c27-22-10-4-5-15-25(22)17-18-11-13-20(14-12-18)24-23(28)26-16-6-9-21(26)19-7-2-1-3-8-19/h4-5,10-15,19,21H,1-3,6-9,16-17H2,(H,24,28)/t21-/m0/s1. The highest BCUT2D eigenvalue weighted by Gasteiger charge is 2.35. The highest BCUT2D eigenvalue weighted by atomic mass is 16.2. The number of pyridine rings is 1. The lowest BCUT2D eigenvalue weighted by Gasteiger charge is -2.34. The van der Waals surface area contributed by atoms with Crippen LogP contribution in [0.25, 0.3) is 0 Å². The molecule has 0 radical (unpaired) electrons. The second kappa shape index (κ2) is 8.63. The first-order valence-corrected chi connectivity index (χ1v) is 10.5. The average molecular weight is 380 g/mol. The van der Waals surface area contributed by atoms with Crippen LogP contribution in [0.3, 0.4) is 0 Å². The smallest absolute Gasteiger partial charge is 0.321 e. The van der Waals surface area contributed by atoms with Crippen molar-refractivity contribution in [2.75, 3.05) is 11.9 Å². The van der Waals surface area contributed by atoms with Crippen LogP contribution in [-0.2, 0) is 6.54 Å². The quantitative estimate of drug-likeness (QED) is 0.852. The SMILES string of the molecule is O=C(Nc1ccc(Cn2ccccc2=O)cc1)N1CCC[C@H]1C1CCCCC1. The van der Waals surface area contributed by atoms with Gasteiger partial charge in [0, 0.05) is 30.5 Å². The number of likely N-dealkylation sites (tertiary alicyclic amines) is 1. The van der Waals surface area contributed by atoms with Crippen LogP contribution >= 0.6 is 0 Å². The van der Waals surface area contributed by atoms with Gasteiger partial charge in [0.25, 0.3) is 5.56 Å². The maximum absolute atomic E-state index is 12.9. The van der Waals surface area contributed by atoms with Gasteiger partial charge in [-0.1, -0.05) is 37.5 Å². The number of aromatic nitrogens is 1. The van der Waals surface area contributed by atoms with E-state index in [9.17, 15) is 9.59 Å². The van der Waals surface area contributed by atoms with Gasteiger partial charge in [-0.15, -0.1) is 0 Å². The molecule has 2 heterocycles. The van der Waals surface area contributed by atoms with Crippen LogP contribution in [0.5, 0.6) is 0 Å². The molecular weight excluding hydrogens is 350 g/mol. The number of amides is 2. The van der Waals surface area contributed by atoms with Crippen molar-refractivity contribution in [3.63, 3.8) is 0 Å². The number of anilines is 1. The van der Waals surface area contributed by atoms with Crippen LogP contribution in [0.1, 0.15) is 50.5 Å². The maximum atomic E-state index is 12.9. The summed E-state index contributed by atoms with van der Waals surface area (Å²) in [6.07, 6.45) is 10.5. The summed E-state index contributed by atoms with van der Waals surface area (Å²) in [4.78, 5) is 26.8. The van der Waals surface area contributed by atoms with E-state index >= 15 is 0 Å². The molecule has 2 fully saturated rings. The molecule has 1 atom stereocenters. The van der Waals surface area contributed by atoms with Gasteiger partial charge in [0.2, 0.25) is 0 Å². The van der Waals surface area contributed by atoms with Crippen molar-refractivity contribution in [1.29, 1.82) is 0 Å². The van der Waals surface area contributed by atoms with E-state index in [2.05, 4.69) is 10.2 Å². The Morgan fingerprint density at radius 1 is 0.964 bits per heavy atom. The summed E-state index contributed by atoms with van der Waals surface area (Å²) in [5.41, 5.74) is 1.83. The second-order valence-corrected chi connectivity index (χ2v) is 8.09. The number of rotatable bonds is 4. The normalized spacial score (nSPS) is 20.3. The van der Waals surface area contributed by atoms with E-state index in [4.69, 9.17) is 0 Å². The van der Waals surface area contributed by atoms with Crippen LogP contribution in [0, 0.1) is 5.92 Å². The van der Waals surface area contributed by atoms with Gasteiger partial charge in [-0.2, -0.15) is 0 Å². The summed E-state index contributed by atoms with van der Waals surface area (Å²) in [7, 11) is 0. The third-order valence-electron chi connectivity index (χ3n) is 6.21. The molecule has 1 aromatic heterocycles. The summed E-state index contributed by atoms with van der Waals surface area (Å²) in [5, 5.41) is 3.07. The fraction of sp³-hybridized carbons (Fsp3) is 0.478. The van der Waals surface area contributed by atoms with Crippen LogP contribution in [0.2, 0.25) is 0 Å². The highest BCUT2D eigenvalue weighted by molar-refractivity contribution is 5.89. The molecule has 0 spiro atoms. The minimum absolute atomic E-state index is 0.0114. The number of urea groups is 1. The van der Waals surface area contributed by atoms with E-state index in [1.807, 2.05) is 30.3 Å². The first kappa shape index (κ1) is 18.8. The van der Waals surface area contributed by atoms with Crippen LogP contribution < -0.4 is 10.9 Å². The molecule has 4 rings (SSSR count). The Morgan fingerprint density at radius 2 is 1.75 bits per heavy atom. The van der Waals surface area contributed by atoms with Gasteiger partial charge in [-0.05, 0) is 55.4 Å². The Labute approximate surface area is 166 Å². The van der Waals surface area contributed by atoms with Gasteiger partial charge < -0.3 is 14.8 Å². The van der Waals surface area contributed by atoms with Crippen molar-refractivity contribution in [3.05, 3.63) is 64.6 Å². The molecular formula is C23H29N3O2. The second-order valence-electron chi connectivity index (χ2n) is 8.09. The van der Waals surface area contributed by atoms with Crippen LogP contribution in [0.15, 0.2) is 53.5 Å². The molecule has 148 valence electrons. The van der Waals surface area contributed by atoms with Crippen LogP contribution in [0.4, 0.5) is 10.5 Å². The lowest BCUT2D eigenvalue weighted by Crippen LogP contribution is -2.43. The molecule has 2 aromatic rings. The van der Waals surface area contributed by atoms with Gasteiger partial charge in [-0.25, -0.2) is 4.79 Å². The summed E-state index contributed by atoms with van der Waals surface area (Å²) < 4.78 is 1.67. The molecule has 1 aliphatic carbocycles. The van der Waals surface area contributed by atoms with E-state index in [1.165, 1.54) is 32.1 Å². The Balaban J connectivity index is 1.37. The minimum atomic E-state index is -0.0114.